The van der Waals surface area contributed by atoms with Gasteiger partial charge in [0.2, 0.25) is 0 Å². The van der Waals surface area contributed by atoms with Crippen molar-refractivity contribution in [3.05, 3.63) is 12.7 Å². The molecule has 0 saturated heterocycles. The molecule has 0 aliphatic heterocycles. The molecular formula is C11H21NO2. The van der Waals surface area contributed by atoms with Gasteiger partial charge in [-0.3, -0.25) is 10.1 Å². The van der Waals surface area contributed by atoms with Crippen LogP contribution in [0.2, 0.25) is 0 Å². The normalized spacial score (nSPS) is 14.5. The van der Waals surface area contributed by atoms with Gasteiger partial charge in [-0.1, -0.05) is 19.4 Å². The van der Waals surface area contributed by atoms with Gasteiger partial charge in [0, 0.05) is 6.54 Å². The zero-order chi connectivity index (χ0) is 11.0. The van der Waals surface area contributed by atoms with Crippen LogP contribution in [0, 0.1) is 0 Å². The van der Waals surface area contributed by atoms with Crippen LogP contribution < -0.4 is 5.32 Å². The van der Waals surface area contributed by atoms with E-state index in [1.807, 2.05) is 20.8 Å². The summed E-state index contributed by atoms with van der Waals surface area (Å²) >= 11 is 0. The SMILES string of the molecule is C=CCNC(C)(CCC)C(=O)OCC. The van der Waals surface area contributed by atoms with Gasteiger partial charge in [0.25, 0.3) is 0 Å². The molecule has 0 heterocycles. The van der Waals surface area contributed by atoms with Crippen LogP contribution in [0.5, 0.6) is 0 Å². The van der Waals surface area contributed by atoms with Crippen molar-refractivity contribution in [2.45, 2.75) is 39.2 Å². The Bertz CT molecular complexity index is 192. The lowest BCUT2D eigenvalue weighted by Crippen LogP contribution is -2.50. The number of ether oxygens (including phenoxy) is 1. The summed E-state index contributed by atoms with van der Waals surface area (Å²) in [5.41, 5.74) is -0.570. The fraction of sp³-hybridized carbons (Fsp3) is 0.727. The van der Waals surface area contributed by atoms with Crippen molar-refractivity contribution < 1.29 is 9.53 Å². The Morgan fingerprint density at radius 2 is 2.21 bits per heavy atom. The highest BCUT2D eigenvalue weighted by Gasteiger charge is 2.32. The maximum absolute atomic E-state index is 11.6. The lowest BCUT2D eigenvalue weighted by atomic mass is 9.96. The molecule has 0 bridgehead atoms. The minimum atomic E-state index is -0.570. The van der Waals surface area contributed by atoms with E-state index in [2.05, 4.69) is 11.9 Å². The third-order valence-corrected chi connectivity index (χ3v) is 2.11. The minimum Gasteiger partial charge on any atom is -0.465 e. The molecule has 82 valence electrons. The van der Waals surface area contributed by atoms with Gasteiger partial charge in [0.15, 0.2) is 0 Å². The van der Waals surface area contributed by atoms with Gasteiger partial charge in [-0.05, 0) is 20.3 Å². The van der Waals surface area contributed by atoms with Crippen molar-refractivity contribution in [3.63, 3.8) is 0 Å². The summed E-state index contributed by atoms with van der Waals surface area (Å²) in [5, 5.41) is 3.14. The van der Waals surface area contributed by atoms with Gasteiger partial charge in [0.05, 0.1) is 6.61 Å². The maximum Gasteiger partial charge on any atom is 0.326 e. The van der Waals surface area contributed by atoms with Crippen molar-refractivity contribution in [2.24, 2.45) is 0 Å². The van der Waals surface area contributed by atoms with Crippen molar-refractivity contribution in [2.75, 3.05) is 13.2 Å². The maximum atomic E-state index is 11.6. The van der Waals surface area contributed by atoms with Crippen LogP contribution >= 0.6 is 0 Å². The van der Waals surface area contributed by atoms with Crippen LogP contribution in [0.15, 0.2) is 12.7 Å². The van der Waals surface area contributed by atoms with E-state index >= 15 is 0 Å². The van der Waals surface area contributed by atoms with Crippen LogP contribution in [0.25, 0.3) is 0 Å². The van der Waals surface area contributed by atoms with E-state index in [4.69, 9.17) is 4.74 Å². The molecule has 0 aliphatic carbocycles. The summed E-state index contributed by atoms with van der Waals surface area (Å²) in [6.07, 6.45) is 3.46. The standard InChI is InChI=1S/C11H21NO2/c1-5-8-11(4,12-9-6-2)10(13)14-7-3/h6,12H,2,5,7-9H2,1,3-4H3. The third-order valence-electron chi connectivity index (χ3n) is 2.11. The Hall–Kier alpha value is -0.830. The predicted octanol–water partition coefficient (Wildman–Crippen LogP) is 1.88. The highest BCUT2D eigenvalue weighted by Crippen LogP contribution is 2.14. The van der Waals surface area contributed by atoms with Gasteiger partial charge in [-0.25, -0.2) is 0 Å². The quantitative estimate of drug-likeness (QED) is 0.502. The molecule has 14 heavy (non-hydrogen) atoms. The number of esters is 1. The first kappa shape index (κ1) is 13.2. The smallest absolute Gasteiger partial charge is 0.326 e. The second kappa shape index (κ2) is 6.60. The Labute approximate surface area is 86.5 Å². The van der Waals surface area contributed by atoms with Crippen molar-refractivity contribution >= 4 is 5.97 Å². The molecule has 0 saturated carbocycles. The Kier molecular flexibility index (Phi) is 6.21. The van der Waals surface area contributed by atoms with Crippen LogP contribution in [0.4, 0.5) is 0 Å². The van der Waals surface area contributed by atoms with Crippen LogP contribution in [-0.4, -0.2) is 24.7 Å². The fourth-order valence-electron chi connectivity index (χ4n) is 1.35. The first-order chi connectivity index (χ1) is 6.60. The molecule has 3 nitrogen and oxygen atoms in total. The molecule has 0 radical (unpaired) electrons. The molecule has 0 fully saturated rings. The molecule has 0 rings (SSSR count). The number of hydrogen-bond acceptors (Lipinski definition) is 3. The van der Waals surface area contributed by atoms with Gasteiger partial charge >= 0.3 is 5.97 Å². The van der Waals surface area contributed by atoms with Gasteiger partial charge in [-0.15, -0.1) is 6.58 Å². The monoisotopic (exact) mass is 199 g/mol. The Morgan fingerprint density at radius 1 is 1.57 bits per heavy atom. The Morgan fingerprint density at radius 3 is 2.64 bits per heavy atom. The molecule has 1 N–H and O–H groups in total. The summed E-state index contributed by atoms with van der Waals surface area (Å²) < 4.78 is 5.02. The lowest BCUT2D eigenvalue weighted by Gasteiger charge is -2.27. The zero-order valence-corrected chi connectivity index (χ0v) is 9.43. The Balaban J connectivity index is 4.34. The zero-order valence-electron chi connectivity index (χ0n) is 9.43. The number of carbonyl (C=O) groups excluding carboxylic acids is 1. The molecule has 1 atom stereocenters. The molecule has 0 spiro atoms. The van der Waals surface area contributed by atoms with E-state index in [-0.39, 0.29) is 5.97 Å². The topological polar surface area (TPSA) is 38.3 Å². The molecule has 0 aromatic heterocycles. The van der Waals surface area contributed by atoms with E-state index in [0.29, 0.717) is 13.2 Å². The number of rotatable bonds is 7. The molecule has 1 unspecified atom stereocenters. The second-order valence-electron chi connectivity index (χ2n) is 3.47. The fourth-order valence-corrected chi connectivity index (χ4v) is 1.35. The second-order valence-corrected chi connectivity index (χ2v) is 3.47. The van der Waals surface area contributed by atoms with Gasteiger partial charge < -0.3 is 4.74 Å². The van der Waals surface area contributed by atoms with Crippen LogP contribution in [0.3, 0.4) is 0 Å². The summed E-state index contributed by atoms with van der Waals surface area (Å²) in [5.74, 6) is -0.177. The van der Waals surface area contributed by atoms with E-state index in [1.165, 1.54) is 0 Å². The predicted molar refractivity (Wildman–Crippen MR) is 58.1 cm³/mol. The van der Waals surface area contributed by atoms with Gasteiger partial charge in [0.1, 0.15) is 5.54 Å². The highest BCUT2D eigenvalue weighted by molar-refractivity contribution is 5.80. The molecule has 0 aromatic carbocycles. The van der Waals surface area contributed by atoms with E-state index < -0.39 is 5.54 Å². The molecule has 0 aliphatic rings. The molecule has 3 heteroatoms. The molecular weight excluding hydrogens is 178 g/mol. The first-order valence-corrected chi connectivity index (χ1v) is 5.13. The third kappa shape index (κ3) is 3.92. The average Bonchev–Trinajstić information content (AvgIpc) is 2.15. The molecule has 0 aromatic rings. The van der Waals surface area contributed by atoms with Crippen molar-refractivity contribution in [1.82, 2.24) is 5.32 Å². The summed E-state index contributed by atoms with van der Waals surface area (Å²) in [7, 11) is 0. The van der Waals surface area contributed by atoms with Crippen LogP contribution in [0.1, 0.15) is 33.6 Å². The summed E-state index contributed by atoms with van der Waals surface area (Å²) in [6.45, 7) is 10.4. The summed E-state index contributed by atoms with van der Waals surface area (Å²) in [4.78, 5) is 11.6. The van der Waals surface area contributed by atoms with Crippen molar-refractivity contribution in [3.8, 4) is 0 Å². The highest BCUT2D eigenvalue weighted by atomic mass is 16.5. The van der Waals surface area contributed by atoms with E-state index in [1.54, 1.807) is 6.08 Å². The van der Waals surface area contributed by atoms with Crippen LogP contribution in [-0.2, 0) is 9.53 Å². The first-order valence-electron chi connectivity index (χ1n) is 5.13. The van der Waals surface area contributed by atoms with Crippen molar-refractivity contribution in [1.29, 1.82) is 0 Å². The number of hydrogen-bond donors (Lipinski definition) is 1. The number of carbonyl (C=O) groups is 1. The van der Waals surface area contributed by atoms with E-state index in [9.17, 15) is 4.79 Å². The summed E-state index contributed by atoms with van der Waals surface area (Å²) in [6, 6.07) is 0. The minimum absolute atomic E-state index is 0.177. The molecule has 0 amide bonds. The largest absolute Gasteiger partial charge is 0.465 e. The van der Waals surface area contributed by atoms with E-state index in [0.717, 1.165) is 12.8 Å². The number of nitrogens with one attached hydrogen (secondary N) is 1. The lowest BCUT2D eigenvalue weighted by molar-refractivity contribution is -0.150. The average molecular weight is 199 g/mol. The van der Waals surface area contributed by atoms with Gasteiger partial charge in [-0.2, -0.15) is 0 Å².